The summed E-state index contributed by atoms with van der Waals surface area (Å²) in [5.41, 5.74) is 1.51. The highest BCUT2D eigenvalue weighted by atomic mass is 32.1. The van der Waals surface area contributed by atoms with E-state index in [0.717, 1.165) is 10.2 Å². The molecule has 0 fully saturated rings. The molecule has 1 aromatic heterocycles. The van der Waals surface area contributed by atoms with Crippen molar-refractivity contribution in [3.05, 3.63) is 48.5 Å². The molecule has 0 atom stereocenters. The maximum atomic E-state index is 12.1. The minimum absolute atomic E-state index is 0.344. The number of methoxy groups -OCH3 is 1. The first kappa shape index (κ1) is 16.2. The van der Waals surface area contributed by atoms with Crippen molar-refractivity contribution < 1.29 is 14.3 Å². The van der Waals surface area contributed by atoms with Gasteiger partial charge in [0.25, 0.3) is 0 Å². The zero-order valence-corrected chi connectivity index (χ0v) is 13.9. The molecule has 2 N–H and O–H groups in total. The fourth-order valence-corrected chi connectivity index (χ4v) is 2.95. The zero-order valence-electron chi connectivity index (χ0n) is 13.1. The van der Waals surface area contributed by atoms with E-state index in [0.29, 0.717) is 29.8 Å². The van der Waals surface area contributed by atoms with Gasteiger partial charge in [-0.3, -0.25) is 5.32 Å². The first-order chi connectivity index (χ1) is 11.7. The number of ether oxygens (including phenoxy) is 2. The number of rotatable bonds is 6. The molecule has 0 unspecified atom stereocenters. The summed E-state index contributed by atoms with van der Waals surface area (Å²) in [5.74, 6) is 0.671. The Bertz CT molecular complexity index is 802. The molecule has 7 heteroatoms. The highest BCUT2D eigenvalue weighted by molar-refractivity contribution is 7.22. The minimum atomic E-state index is -0.344. The van der Waals surface area contributed by atoms with E-state index in [1.807, 2.05) is 36.4 Å². The van der Waals surface area contributed by atoms with E-state index in [4.69, 9.17) is 9.47 Å². The van der Waals surface area contributed by atoms with Crippen molar-refractivity contribution in [3.63, 3.8) is 0 Å². The van der Waals surface area contributed by atoms with Gasteiger partial charge in [-0.05, 0) is 24.3 Å². The number of benzene rings is 2. The molecule has 0 spiro atoms. The molecule has 0 aliphatic rings. The van der Waals surface area contributed by atoms with E-state index >= 15 is 0 Å². The summed E-state index contributed by atoms with van der Waals surface area (Å²) in [4.78, 5) is 16.5. The van der Waals surface area contributed by atoms with E-state index in [9.17, 15) is 4.79 Å². The van der Waals surface area contributed by atoms with Crippen LogP contribution in [-0.4, -0.2) is 31.3 Å². The van der Waals surface area contributed by atoms with Crippen LogP contribution in [-0.2, 0) is 4.74 Å². The molecule has 0 aliphatic heterocycles. The Morgan fingerprint density at radius 3 is 2.83 bits per heavy atom. The second kappa shape index (κ2) is 7.76. The average Bonchev–Trinajstić information content (AvgIpc) is 2.97. The molecule has 0 aliphatic carbocycles. The molecule has 0 saturated carbocycles. The molecule has 0 radical (unpaired) electrons. The van der Waals surface area contributed by atoms with Crippen LogP contribution in [0.25, 0.3) is 10.2 Å². The van der Waals surface area contributed by atoms with Gasteiger partial charge in [0.05, 0.1) is 16.8 Å². The number of anilines is 2. The van der Waals surface area contributed by atoms with Gasteiger partial charge in [0.15, 0.2) is 5.13 Å². The van der Waals surface area contributed by atoms with Crippen LogP contribution in [0.15, 0.2) is 48.5 Å². The van der Waals surface area contributed by atoms with Gasteiger partial charge in [-0.25, -0.2) is 9.78 Å². The molecule has 3 rings (SSSR count). The lowest BCUT2D eigenvalue weighted by atomic mass is 10.3. The first-order valence-electron chi connectivity index (χ1n) is 7.40. The fourth-order valence-electron chi connectivity index (χ4n) is 2.09. The topological polar surface area (TPSA) is 72.5 Å². The van der Waals surface area contributed by atoms with Gasteiger partial charge in [-0.2, -0.15) is 0 Å². The third-order valence-electron chi connectivity index (χ3n) is 3.16. The number of carbonyl (C=O) groups is 1. The summed E-state index contributed by atoms with van der Waals surface area (Å²) in [5, 5.41) is 6.08. The summed E-state index contributed by atoms with van der Waals surface area (Å²) < 4.78 is 11.5. The van der Waals surface area contributed by atoms with Crippen LogP contribution in [0.4, 0.5) is 15.6 Å². The lowest BCUT2D eigenvalue weighted by molar-refractivity contribution is 0.146. The molecule has 0 saturated heterocycles. The Hall–Kier alpha value is -2.64. The molecule has 124 valence electrons. The van der Waals surface area contributed by atoms with Crippen molar-refractivity contribution >= 4 is 38.4 Å². The van der Waals surface area contributed by atoms with E-state index < -0.39 is 0 Å². The number of carbonyl (C=O) groups excluding carboxylic acids is 1. The molecule has 2 amide bonds. The third-order valence-corrected chi connectivity index (χ3v) is 4.11. The Labute approximate surface area is 143 Å². The number of hydrogen-bond acceptors (Lipinski definition) is 5. The van der Waals surface area contributed by atoms with E-state index in [2.05, 4.69) is 15.6 Å². The van der Waals surface area contributed by atoms with Crippen molar-refractivity contribution in [1.82, 2.24) is 4.98 Å². The van der Waals surface area contributed by atoms with Gasteiger partial charge in [-0.15, -0.1) is 0 Å². The second-order valence-corrected chi connectivity index (χ2v) is 5.97. The van der Waals surface area contributed by atoms with Gasteiger partial charge >= 0.3 is 6.03 Å². The number of para-hydroxylation sites is 1. The van der Waals surface area contributed by atoms with Crippen molar-refractivity contribution in [2.24, 2.45) is 0 Å². The molecular weight excluding hydrogens is 326 g/mol. The van der Waals surface area contributed by atoms with Gasteiger partial charge in [0, 0.05) is 18.9 Å². The molecule has 1 heterocycles. The van der Waals surface area contributed by atoms with Crippen LogP contribution in [0.5, 0.6) is 5.75 Å². The predicted octanol–water partition coefficient (Wildman–Crippen LogP) is 3.97. The highest BCUT2D eigenvalue weighted by Crippen LogP contribution is 2.25. The Morgan fingerprint density at radius 2 is 2.00 bits per heavy atom. The van der Waals surface area contributed by atoms with Crippen LogP contribution < -0.4 is 15.4 Å². The predicted molar refractivity (Wildman–Crippen MR) is 96.1 cm³/mol. The Kier molecular flexibility index (Phi) is 5.25. The quantitative estimate of drug-likeness (QED) is 0.664. The van der Waals surface area contributed by atoms with Gasteiger partial charge in [-0.1, -0.05) is 29.5 Å². The SMILES string of the molecule is COCCOc1cccc(NC(=O)Nc2nc3ccccc3s2)c1. The van der Waals surface area contributed by atoms with E-state index in [1.165, 1.54) is 11.3 Å². The highest BCUT2D eigenvalue weighted by Gasteiger charge is 2.08. The molecular formula is C17H17N3O3S. The lowest BCUT2D eigenvalue weighted by Gasteiger charge is -2.09. The van der Waals surface area contributed by atoms with Crippen molar-refractivity contribution in [3.8, 4) is 5.75 Å². The van der Waals surface area contributed by atoms with E-state index in [1.54, 1.807) is 19.2 Å². The monoisotopic (exact) mass is 343 g/mol. The smallest absolute Gasteiger partial charge is 0.325 e. The number of hydrogen-bond donors (Lipinski definition) is 2. The largest absolute Gasteiger partial charge is 0.491 e. The summed E-state index contributed by atoms with van der Waals surface area (Å²) in [6, 6.07) is 14.6. The second-order valence-electron chi connectivity index (χ2n) is 4.93. The molecule has 24 heavy (non-hydrogen) atoms. The standard InChI is InChI=1S/C17H17N3O3S/c1-22-9-10-23-13-6-4-5-12(11-13)18-16(21)20-17-19-14-7-2-3-8-15(14)24-17/h2-8,11H,9-10H2,1H3,(H2,18,19,20,21). The number of nitrogens with one attached hydrogen (secondary N) is 2. The number of aromatic nitrogens is 1. The van der Waals surface area contributed by atoms with Gasteiger partial charge < -0.3 is 14.8 Å². The van der Waals surface area contributed by atoms with Crippen LogP contribution in [0.1, 0.15) is 0 Å². The average molecular weight is 343 g/mol. The van der Waals surface area contributed by atoms with Crippen LogP contribution >= 0.6 is 11.3 Å². The number of amides is 2. The van der Waals surface area contributed by atoms with Crippen molar-refractivity contribution in [2.75, 3.05) is 31.0 Å². The van der Waals surface area contributed by atoms with Crippen molar-refractivity contribution in [2.45, 2.75) is 0 Å². The van der Waals surface area contributed by atoms with Gasteiger partial charge in [0.1, 0.15) is 12.4 Å². The van der Waals surface area contributed by atoms with Crippen molar-refractivity contribution in [1.29, 1.82) is 0 Å². The normalized spacial score (nSPS) is 10.5. The number of urea groups is 1. The number of nitrogens with zero attached hydrogens (tertiary/aromatic N) is 1. The summed E-state index contributed by atoms with van der Waals surface area (Å²) in [6.07, 6.45) is 0. The lowest BCUT2D eigenvalue weighted by Crippen LogP contribution is -2.19. The molecule has 0 bridgehead atoms. The Morgan fingerprint density at radius 1 is 1.12 bits per heavy atom. The Balaban J connectivity index is 1.61. The fraction of sp³-hybridized carbons (Fsp3) is 0.176. The molecule has 2 aromatic carbocycles. The summed E-state index contributed by atoms with van der Waals surface area (Å²) >= 11 is 1.43. The maximum Gasteiger partial charge on any atom is 0.325 e. The number of fused-ring (bicyclic) bond motifs is 1. The van der Waals surface area contributed by atoms with Crippen LogP contribution in [0.3, 0.4) is 0 Å². The zero-order chi connectivity index (χ0) is 16.8. The molecule has 6 nitrogen and oxygen atoms in total. The summed E-state index contributed by atoms with van der Waals surface area (Å²) in [6.45, 7) is 0.966. The number of thiazole rings is 1. The summed E-state index contributed by atoms with van der Waals surface area (Å²) in [7, 11) is 1.62. The van der Waals surface area contributed by atoms with Crippen LogP contribution in [0, 0.1) is 0 Å². The molecule has 3 aromatic rings. The van der Waals surface area contributed by atoms with Crippen LogP contribution in [0.2, 0.25) is 0 Å². The third kappa shape index (κ3) is 4.21. The van der Waals surface area contributed by atoms with E-state index in [-0.39, 0.29) is 6.03 Å². The minimum Gasteiger partial charge on any atom is -0.491 e. The first-order valence-corrected chi connectivity index (χ1v) is 8.21. The maximum absolute atomic E-state index is 12.1. The van der Waals surface area contributed by atoms with Gasteiger partial charge in [0.2, 0.25) is 0 Å².